The average Bonchev–Trinajstić information content (AvgIpc) is 4.00. The number of aryl methyl sites for hydroxylation is 1. The minimum atomic E-state index is -1.23. The number of benzene rings is 4. The lowest BCUT2D eigenvalue weighted by Gasteiger charge is -2.61. The second-order valence-corrected chi connectivity index (χ2v) is 21.1. The van der Waals surface area contributed by atoms with Gasteiger partial charge >= 0.3 is 18.0 Å². The lowest BCUT2D eigenvalue weighted by molar-refractivity contribution is -0.152. The fourth-order valence-corrected chi connectivity index (χ4v) is 14.5. The summed E-state index contributed by atoms with van der Waals surface area (Å²) in [5.41, 5.74) is 9.16. The summed E-state index contributed by atoms with van der Waals surface area (Å²) in [6.07, 6.45) is 1.10. The molecular weight excluding hydrogens is 975 g/mol. The molecule has 4 aromatic rings. The maximum atomic E-state index is 14.7. The van der Waals surface area contributed by atoms with Crippen LogP contribution >= 0.6 is 23.5 Å². The second kappa shape index (κ2) is 20.8. The molecular formula is C54H57N5O12S2. The van der Waals surface area contributed by atoms with E-state index in [0.29, 0.717) is 51.9 Å². The Morgan fingerprint density at radius 3 is 2.41 bits per heavy atom. The van der Waals surface area contributed by atoms with Gasteiger partial charge in [0.1, 0.15) is 37.1 Å². The molecule has 1 aliphatic carbocycles. The first-order chi connectivity index (χ1) is 35.4. The number of ether oxygens (including phenoxy) is 8. The number of methoxy groups -OCH3 is 2. The number of piperazine rings is 1. The summed E-state index contributed by atoms with van der Waals surface area (Å²) < 4.78 is 48.1. The largest absolute Gasteiger partial charge is 0.493 e. The van der Waals surface area contributed by atoms with Crippen LogP contribution in [0.25, 0.3) is 11.1 Å². The van der Waals surface area contributed by atoms with Crippen LogP contribution < -0.4 is 34.3 Å². The molecule has 0 saturated carbocycles. The van der Waals surface area contributed by atoms with Crippen molar-refractivity contribution in [2.75, 3.05) is 65.3 Å². The number of nitrogens with one attached hydrogen (secondary N) is 2. The Balaban J connectivity index is 1.04. The first kappa shape index (κ1) is 50.1. The molecule has 0 aromatic heterocycles. The van der Waals surface area contributed by atoms with Crippen LogP contribution in [-0.2, 0) is 35.0 Å². The van der Waals surface area contributed by atoms with Gasteiger partial charge in [-0.15, -0.1) is 11.8 Å². The molecule has 0 spiro atoms. The van der Waals surface area contributed by atoms with Crippen LogP contribution in [0.5, 0.6) is 28.7 Å². The van der Waals surface area contributed by atoms with Crippen molar-refractivity contribution in [3.8, 4) is 45.9 Å². The third-order valence-electron chi connectivity index (χ3n) is 14.7. The van der Waals surface area contributed by atoms with Crippen molar-refractivity contribution in [3.63, 3.8) is 0 Å². The average molecular weight is 1030 g/mol. The number of likely N-dealkylation sites (N-methyl/N-ethyl adjacent to an activating group) is 1. The molecule has 382 valence electrons. The van der Waals surface area contributed by atoms with Crippen LogP contribution in [0.1, 0.15) is 74.7 Å². The maximum Gasteiger partial charge on any atom is 0.408 e. The molecule has 8 atom stereocenters. The molecule has 6 aliphatic heterocycles. The molecule has 2 N–H and O–H groups in total. The Kier molecular flexibility index (Phi) is 14.3. The zero-order chi connectivity index (χ0) is 51.2. The van der Waals surface area contributed by atoms with Gasteiger partial charge in [-0.3, -0.25) is 19.4 Å². The maximum absolute atomic E-state index is 14.7. The van der Waals surface area contributed by atoms with Crippen molar-refractivity contribution in [1.82, 2.24) is 20.4 Å². The monoisotopic (exact) mass is 1030 g/mol. The van der Waals surface area contributed by atoms with Crippen LogP contribution in [0.2, 0.25) is 0 Å². The van der Waals surface area contributed by atoms with Crippen molar-refractivity contribution >= 4 is 47.5 Å². The van der Waals surface area contributed by atoms with E-state index >= 15 is 0 Å². The Morgan fingerprint density at radius 1 is 1.00 bits per heavy atom. The number of rotatable bonds is 14. The Bertz CT molecular complexity index is 2880. The van der Waals surface area contributed by atoms with E-state index in [1.165, 1.54) is 58.8 Å². The molecule has 2 fully saturated rings. The number of nitrogens with zero attached hydrogens (tertiary/aromatic N) is 3. The molecule has 4 aromatic carbocycles. The van der Waals surface area contributed by atoms with Gasteiger partial charge in [0.25, 0.3) is 0 Å². The minimum Gasteiger partial charge on any atom is -0.493 e. The molecule has 3 unspecified atom stereocenters. The van der Waals surface area contributed by atoms with Crippen LogP contribution in [0.15, 0.2) is 67.3 Å². The van der Waals surface area contributed by atoms with Crippen molar-refractivity contribution in [3.05, 3.63) is 112 Å². The van der Waals surface area contributed by atoms with E-state index in [0.717, 1.165) is 16.7 Å². The standard InChI is InChI=1S/C54H57N5O12S2/c1-8-17-66-54(63)57-36(23-72-22-35-33-15-11-9-13-31(33)32-14-10-12-16-34(32)35)52(61)56-37-24-73-51-43-42(50-48(69-26-70-50)28(3)47(43)71-29(4)60)40(21-67-53(37)62)59-39(20-55)38-19-30-18-27(2)46(65-7)49(68-25-64-6)41(30)44(45(51)59)58(38)5/h8-16,18,35-40,44-45,51H,1,17,19,21-26H2,2-7H3,(H,56,61)(H,57,63)/t36?,37?,38-,39-,40-,44+,45?,51+/m0/s1. The topological polar surface area (TPSA) is 196 Å². The molecule has 73 heavy (non-hydrogen) atoms. The fourth-order valence-electron chi connectivity index (χ4n) is 11.8. The third-order valence-corrected chi connectivity index (χ3v) is 17.3. The Labute approximate surface area is 432 Å². The molecule has 2 saturated heterocycles. The number of fused-ring (bicyclic) bond motifs is 13. The second-order valence-electron chi connectivity index (χ2n) is 18.8. The zero-order valence-electron chi connectivity index (χ0n) is 41.4. The highest BCUT2D eigenvalue weighted by Gasteiger charge is 2.61. The summed E-state index contributed by atoms with van der Waals surface area (Å²) in [5, 5.41) is 16.4. The van der Waals surface area contributed by atoms with Crippen molar-refractivity contribution in [2.24, 2.45) is 0 Å². The van der Waals surface area contributed by atoms with Gasteiger partial charge in [-0.2, -0.15) is 17.0 Å². The van der Waals surface area contributed by atoms with Gasteiger partial charge in [0, 0.05) is 71.5 Å². The number of hydrogen-bond acceptors (Lipinski definition) is 17. The quantitative estimate of drug-likeness (QED) is 0.0577. The number of alkyl carbamates (subject to hydrolysis) is 1. The molecule has 0 radical (unpaired) electrons. The number of carbonyl (C=O) groups excluding carboxylic acids is 4. The summed E-state index contributed by atoms with van der Waals surface area (Å²) in [4.78, 5) is 60.0. The van der Waals surface area contributed by atoms with E-state index in [1.54, 1.807) is 21.1 Å². The highest BCUT2D eigenvalue weighted by atomic mass is 32.2. The van der Waals surface area contributed by atoms with Crippen molar-refractivity contribution < 1.29 is 57.1 Å². The summed E-state index contributed by atoms with van der Waals surface area (Å²) in [6, 6.07) is 16.0. The Morgan fingerprint density at radius 2 is 1.73 bits per heavy atom. The van der Waals surface area contributed by atoms with E-state index in [-0.39, 0.29) is 56.0 Å². The SMILES string of the molecule is C=CCOC(=O)NC(CSCC1c2ccccc2-c2ccccc21)C(=O)NC1CS[C@@H]2c3c(OC(C)=O)c(C)c4c(c3[C@H](COC1=O)N1C2[C@H]2c3c(cc(C)c(OC)c3OCOC)C[C@@H]([C@@H]1C#N)N2C)OCO4. The third kappa shape index (κ3) is 8.80. The number of carbonyl (C=O) groups is 4. The van der Waals surface area contributed by atoms with Gasteiger partial charge in [0.05, 0.1) is 30.5 Å². The van der Waals surface area contributed by atoms with Crippen LogP contribution in [-0.4, -0.2) is 129 Å². The predicted octanol–water partition coefficient (Wildman–Crippen LogP) is 6.82. The van der Waals surface area contributed by atoms with Gasteiger partial charge in [-0.05, 0) is 60.7 Å². The number of nitriles is 1. The van der Waals surface area contributed by atoms with Crippen molar-refractivity contribution in [1.29, 1.82) is 5.26 Å². The summed E-state index contributed by atoms with van der Waals surface area (Å²) >= 11 is 2.86. The fraction of sp³-hybridized carbons (Fsp3) is 0.426. The van der Waals surface area contributed by atoms with Gasteiger partial charge in [-0.1, -0.05) is 67.3 Å². The normalized spacial score (nSPS) is 23.7. The van der Waals surface area contributed by atoms with E-state index in [2.05, 4.69) is 63.4 Å². The number of hydrogen-bond donors (Lipinski definition) is 2. The number of esters is 2. The molecule has 7 aliphatic rings. The zero-order valence-corrected chi connectivity index (χ0v) is 43.0. The van der Waals surface area contributed by atoms with E-state index in [4.69, 9.17) is 37.9 Å². The first-order valence-electron chi connectivity index (χ1n) is 24.1. The van der Waals surface area contributed by atoms with Gasteiger partial charge in [-0.25, -0.2) is 9.59 Å². The van der Waals surface area contributed by atoms with Gasteiger partial charge < -0.3 is 48.5 Å². The number of amides is 2. The summed E-state index contributed by atoms with van der Waals surface area (Å²) in [7, 11) is 5.14. The summed E-state index contributed by atoms with van der Waals surface area (Å²) in [6.45, 7) is 8.21. The van der Waals surface area contributed by atoms with Crippen LogP contribution in [0.3, 0.4) is 0 Å². The van der Waals surface area contributed by atoms with Crippen LogP contribution in [0.4, 0.5) is 4.79 Å². The van der Waals surface area contributed by atoms with Gasteiger partial charge in [0.15, 0.2) is 29.8 Å². The molecule has 17 nitrogen and oxygen atoms in total. The number of thioether (sulfide) groups is 2. The highest BCUT2D eigenvalue weighted by molar-refractivity contribution is 7.99. The smallest absolute Gasteiger partial charge is 0.408 e. The van der Waals surface area contributed by atoms with Gasteiger partial charge in [0.2, 0.25) is 12.7 Å². The van der Waals surface area contributed by atoms with E-state index in [1.807, 2.05) is 38.2 Å². The molecule has 19 heteroatoms. The Hall–Kier alpha value is -6.43. The van der Waals surface area contributed by atoms with E-state index in [9.17, 15) is 24.4 Å². The van der Waals surface area contributed by atoms with Crippen LogP contribution in [0, 0.1) is 25.2 Å². The summed E-state index contributed by atoms with van der Waals surface area (Å²) in [5.74, 6) is 1.02. The lowest BCUT2D eigenvalue weighted by atomic mass is 9.71. The first-order valence-corrected chi connectivity index (χ1v) is 26.3. The molecule has 4 bridgehead atoms. The molecule has 2 amide bonds. The minimum absolute atomic E-state index is 0.0404. The van der Waals surface area contributed by atoms with Crippen molar-refractivity contribution in [2.45, 2.75) is 80.7 Å². The highest BCUT2D eigenvalue weighted by Crippen LogP contribution is 2.64. The molecule has 11 rings (SSSR count). The molecule has 6 heterocycles. The lowest BCUT2D eigenvalue weighted by Crippen LogP contribution is -2.69. The van der Waals surface area contributed by atoms with E-state index < -0.39 is 65.4 Å². The predicted molar refractivity (Wildman–Crippen MR) is 272 cm³/mol.